The summed E-state index contributed by atoms with van der Waals surface area (Å²) in [5.41, 5.74) is 2.16. The number of rotatable bonds is 8. The second kappa shape index (κ2) is 10.8. The Morgan fingerprint density at radius 2 is 2.06 bits per heavy atom. The number of fused-ring (bicyclic) bond motifs is 2. The summed E-state index contributed by atoms with van der Waals surface area (Å²) in [7, 11) is 2.25. The summed E-state index contributed by atoms with van der Waals surface area (Å²) in [6.45, 7) is 4.72. The lowest BCUT2D eigenvalue weighted by atomic mass is 9.98. The number of carbonyl (C=O) groups is 1. The zero-order valence-corrected chi connectivity index (χ0v) is 21.1. The van der Waals surface area contributed by atoms with E-state index < -0.39 is 0 Å². The second-order valence-electron chi connectivity index (χ2n) is 10.0. The quantitative estimate of drug-likeness (QED) is 0.534. The number of piperidine rings is 1. The Labute approximate surface area is 211 Å². The van der Waals surface area contributed by atoms with E-state index in [0.717, 1.165) is 43.6 Å². The number of nitriles is 1. The third kappa shape index (κ3) is 5.29. The summed E-state index contributed by atoms with van der Waals surface area (Å²) in [5.74, 6) is 0.933. The fourth-order valence-electron chi connectivity index (χ4n) is 5.62. The van der Waals surface area contributed by atoms with Gasteiger partial charge in [0.05, 0.1) is 23.6 Å². The Bertz CT molecular complexity index is 1110. The number of hydrogen-bond donors (Lipinski definition) is 2. The standard InChI is InChI=1S/C25H35N9O2/c1-17-22(15-34(31-17)21-11-19-5-6-20(12-21)32(19)2)29-25-28-14-18(13-26)24(30-25)27-7-3-8-33-9-4-10-36-16-23(33)35/h14-15,19-21H,3-12,16H2,1-2H3,(H2,27,28,29,30). The number of ether oxygens (including phenoxy) is 1. The zero-order chi connectivity index (χ0) is 25.1. The molecule has 0 aromatic carbocycles. The first-order valence-corrected chi connectivity index (χ1v) is 12.9. The van der Waals surface area contributed by atoms with E-state index in [2.05, 4.69) is 49.5 Å². The van der Waals surface area contributed by atoms with Crippen LogP contribution in [-0.4, -0.2) is 87.4 Å². The van der Waals surface area contributed by atoms with E-state index in [0.29, 0.717) is 55.2 Å². The first kappa shape index (κ1) is 24.5. The van der Waals surface area contributed by atoms with Crippen molar-refractivity contribution >= 4 is 23.4 Å². The van der Waals surface area contributed by atoms with Gasteiger partial charge in [0.15, 0.2) is 0 Å². The van der Waals surface area contributed by atoms with E-state index in [1.807, 2.05) is 11.8 Å². The van der Waals surface area contributed by atoms with Gasteiger partial charge in [-0.3, -0.25) is 9.48 Å². The van der Waals surface area contributed by atoms with Crippen molar-refractivity contribution in [3.05, 3.63) is 23.7 Å². The molecule has 36 heavy (non-hydrogen) atoms. The molecule has 0 radical (unpaired) electrons. The molecule has 11 heteroatoms. The largest absolute Gasteiger partial charge is 0.372 e. The Balaban J connectivity index is 1.20. The van der Waals surface area contributed by atoms with Gasteiger partial charge >= 0.3 is 0 Å². The summed E-state index contributed by atoms with van der Waals surface area (Å²) in [6.07, 6.45) is 10.0. The van der Waals surface area contributed by atoms with E-state index in [1.54, 1.807) is 0 Å². The molecule has 5 heterocycles. The van der Waals surface area contributed by atoms with Gasteiger partial charge in [-0.15, -0.1) is 0 Å². The lowest BCUT2D eigenvalue weighted by molar-refractivity contribution is -0.133. The van der Waals surface area contributed by atoms with Crippen molar-refractivity contribution in [3.8, 4) is 6.07 Å². The van der Waals surface area contributed by atoms with Crippen LogP contribution in [0.25, 0.3) is 0 Å². The molecular formula is C25H35N9O2. The third-order valence-corrected chi connectivity index (χ3v) is 7.71. The van der Waals surface area contributed by atoms with Gasteiger partial charge in [-0.2, -0.15) is 15.3 Å². The van der Waals surface area contributed by atoms with E-state index in [-0.39, 0.29) is 12.5 Å². The number of carbonyl (C=O) groups excluding carboxylic acids is 1. The summed E-state index contributed by atoms with van der Waals surface area (Å²) in [4.78, 5) is 25.3. The minimum absolute atomic E-state index is 0.0301. The van der Waals surface area contributed by atoms with E-state index in [1.165, 1.54) is 19.0 Å². The van der Waals surface area contributed by atoms with Crippen LogP contribution in [0.4, 0.5) is 17.5 Å². The summed E-state index contributed by atoms with van der Waals surface area (Å²) < 4.78 is 7.40. The second-order valence-corrected chi connectivity index (χ2v) is 10.0. The Kier molecular flexibility index (Phi) is 7.34. The van der Waals surface area contributed by atoms with Gasteiger partial charge in [-0.25, -0.2) is 4.98 Å². The van der Waals surface area contributed by atoms with Gasteiger partial charge in [0, 0.05) is 44.5 Å². The molecule has 0 spiro atoms. The molecule has 0 aliphatic carbocycles. The Hall–Kier alpha value is -3.23. The van der Waals surface area contributed by atoms with E-state index >= 15 is 0 Å². The number of hydrogen-bond acceptors (Lipinski definition) is 9. The molecule has 2 N–H and O–H groups in total. The van der Waals surface area contributed by atoms with Crippen molar-refractivity contribution in [1.29, 1.82) is 5.26 Å². The maximum absolute atomic E-state index is 12.1. The predicted molar refractivity (Wildman–Crippen MR) is 135 cm³/mol. The van der Waals surface area contributed by atoms with Crippen molar-refractivity contribution in [2.24, 2.45) is 0 Å². The Morgan fingerprint density at radius 1 is 1.25 bits per heavy atom. The number of aryl methyl sites for hydroxylation is 1. The molecule has 1 amide bonds. The molecule has 11 nitrogen and oxygen atoms in total. The van der Waals surface area contributed by atoms with E-state index in [9.17, 15) is 10.1 Å². The number of nitrogens with zero attached hydrogens (tertiary/aromatic N) is 7. The number of amides is 1. The summed E-state index contributed by atoms with van der Waals surface area (Å²) in [5, 5.41) is 20.8. The van der Waals surface area contributed by atoms with Gasteiger partial charge < -0.3 is 25.2 Å². The highest BCUT2D eigenvalue weighted by atomic mass is 16.5. The van der Waals surface area contributed by atoms with Crippen molar-refractivity contribution in [2.75, 3.05) is 50.5 Å². The van der Waals surface area contributed by atoms with Crippen LogP contribution in [0.5, 0.6) is 0 Å². The smallest absolute Gasteiger partial charge is 0.248 e. The topological polar surface area (TPSA) is 124 Å². The van der Waals surface area contributed by atoms with Crippen LogP contribution in [0.2, 0.25) is 0 Å². The highest BCUT2D eigenvalue weighted by Gasteiger charge is 2.39. The van der Waals surface area contributed by atoms with Crippen LogP contribution in [-0.2, 0) is 9.53 Å². The molecule has 2 unspecified atom stereocenters. The predicted octanol–water partition coefficient (Wildman–Crippen LogP) is 2.45. The molecule has 2 atom stereocenters. The highest BCUT2D eigenvalue weighted by molar-refractivity contribution is 5.77. The lowest BCUT2D eigenvalue weighted by Gasteiger charge is -2.36. The molecule has 2 bridgehead atoms. The molecule has 3 aliphatic heterocycles. The van der Waals surface area contributed by atoms with Crippen molar-refractivity contribution < 1.29 is 9.53 Å². The number of aromatic nitrogens is 4. The number of anilines is 3. The van der Waals surface area contributed by atoms with Gasteiger partial charge in [-0.05, 0) is 52.5 Å². The highest BCUT2D eigenvalue weighted by Crippen LogP contribution is 2.40. The molecule has 3 saturated heterocycles. The van der Waals surface area contributed by atoms with Crippen LogP contribution in [0, 0.1) is 18.3 Å². The molecule has 0 saturated carbocycles. The monoisotopic (exact) mass is 493 g/mol. The molecule has 3 fully saturated rings. The van der Waals surface area contributed by atoms with Crippen LogP contribution in [0.15, 0.2) is 12.4 Å². The average Bonchev–Trinajstić information content (AvgIpc) is 3.21. The fraction of sp³-hybridized carbons (Fsp3) is 0.640. The van der Waals surface area contributed by atoms with Gasteiger partial charge in [0.1, 0.15) is 24.1 Å². The Morgan fingerprint density at radius 3 is 2.83 bits per heavy atom. The molecule has 192 valence electrons. The molecule has 3 aliphatic rings. The average molecular weight is 494 g/mol. The maximum atomic E-state index is 12.1. The third-order valence-electron chi connectivity index (χ3n) is 7.71. The first-order valence-electron chi connectivity index (χ1n) is 12.9. The van der Waals surface area contributed by atoms with Crippen molar-refractivity contribution in [2.45, 2.75) is 63.6 Å². The first-order chi connectivity index (χ1) is 17.5. The maximum Gasteiger partial charge on any atom is 0.248 e. The van der Waals surface area contributed by atoms with Gasteiger partial charge in [0.25, 0.3) is 0 Å². The van der Waals surface area contributed by atoms with Crippen molar-refractivity contribution in [3.63, 3.8) is 0 Å². The number of nitrogens with one attached hydrogen (secondary N) is 2. The van der Waals surface area contributed by atoms with E-state index in [4.69, 9.17) is 9.84 Å². The van der Waals surface area contributed by atoms with Crippen LogP contribution >= 0.6 is 0 Å². The van der Waals surface area contributed by atoms with Gasteiger partial charge in [-0.1, -0.05) is 0 Å². The lowest BCUT2D eigenvalue weighted by Crippen LogP contribution is -2.40. The van der Waals surface area contributed by atoms with Crippen molar-refractivity contribution in [1.82, 2.24) is 29.5 Å². The molecular weight excluding hydrogens is 458 g/mol. The van der Waals surface area contributed by atoms with Crippen LogP contribution < -0.4 is 10.6 Å². The van der Waals surface area contributed by atoms with Gasteiger partial charge in [0.2, 0.25) is 11.9 Å². The molecule has 5 rings (SSSR count). The normalized spacial score (nSPS) is 24.4. The zero-order valence-electron chi connectivity index (χ0n) is 21.1. The molecule has 2 aromatic rings. The van der Waals surface area contributed by atoms with Crippen LogP contribution in [0.3, 0.4) is 0 Å². The summed E-state index contributed by atoms with van der Waals surface area (Å²) in [6, 6.07) is 3.86. The summed E-state index contributed by atoms with van der Waals surface area (Å²) >= 11 is 0. The SMILES string of the molecule is Cc1nn(C2CC3CCC(C2)N3C)cc1Nc1ncc(C#N)c(NCCCN2CCCOCC2=O)n1. The molecule has 2 aromatic heterocycles. The fourth-order valence-corrected chi connectivity index (χ4v) is 5.62. The van der Waals surface area contributed by atoms with Crippen LogP contribution in [0.1, 0.15) is 55.8 Å². The minimum atomic E-state index is 0.0301. The minimum Gasteiger partial charge on any atom is -0.372 e.